The number of hydrogen-bond acceptors (Lipinski definition) is 2. The predicted octanol–water partition coefficient (Wildman–Crippen LogP) is 4.38. The molecule has 3 aliphatic rings. The number of hydrogen-bond donors (Lipinski definition) is 0. The second-order valence-electron chi connectivity index (χ2n) is 7.64. The average molecular weight is 279 g/mol. The van der Waals surface area contributed by atoms with Gasteiger partial charge in [0.1, 0.15) is 11.2 Å². The summed E-state index contributed by atoms with van der Waals surface area (Å²) in [6.45, 7) is 11.9. The lowest BCUT2D eigenvalue weighted by Crippen LogP contribution is -2.64. The molecule has 1 saturated carbocycles. The van der Waals surface area contributed by atoms with Gasteiger partial charge in [-0.3, -0.25) is 4.90 Å². The Morgan fingerprint density at radius 3 is 2.30 bits per heavy atom. The monoisotopic (exact) mass is 279 g/mol. The largest absolute Gasteiger partial charge is 0.361 e. The molecule has 116 valence electrons. The van der Waals surface area contributed by atoms with E-state index in [0.717, 1.165) is 6.04 Å². The highest BCUT2D eigenvalue weighted by Gasteiger charge is 2.75. The van der Waals surface area contributed by atoms with Crippen LogP contribution in [-0.2, 0) is 4.74 Å². The fourth-order valence-electron chi connectivity index (χ4n) is 5.64. The Labute approximate surface area is 125 Å². The quantitative estimate of drug-likeness (QED) is 0.713. The van der Waals surface area contributed by atoms with Gasteiger partial charge in [-0.15, -0.1) is 0 Å². The van der Waals surface area contributed by atoms with E-state index in [2.05, 4.69) is 39.5 Å². The second-order valence-corrected chi connectivity index (χ2v) is 7.64. The summed E-state index contributed by atoms with van der Waals surface area (Å²) in [7, 11) is 0. The Morgan fingerprint density at radius 2 is 1.75 bits per heavy atom. The van der Waals surface area contributed by atoms with Gasteiger partial charge in [0.15, 0.2) is 0 Å². The maximum atomic E-state index is 6.47. The third-order valence-corrected chi connectivity index (χ3v) is 7.06. The van der Waals surface area contributed by atoms with Crippen LogP contribution in [0.2, 0.25) is 0 Å². The molecule has 0 unspecified atom stereocenters. The van der Waals surface area contributed by atoms with Gasteiger partial charge in [0.2, 0.25) is 0 Å². The molecule has 0 aromatic heterocycles. The highest BCUT2D eigenvalue weighted by molar-refractivity contribution is 5.25. The van der Waals surface area contributed by atoms with E-state index in [1.165, 1.54) is 44.9 Å². The Kier molecular flexibility index (Phi) is 3.70. The Bertz CT molecular complexity index is 364. The number of fused-ring (bicyclic) bond motifs is 1. The maximum absolute atomic E-state index is 6.47. The molecule has 2 saturated heterocycles. The van der Waals surface area contributed by atoms with Crippen LogP contribution in [0.1, 0.15) is 79.6 Å². The lowest BCUT2D eigenvalue weighted by Gasteiger charge is -2.52. The van der Waals surface area contributed by atoms with E-state index in [9.17, 15) is 0 Å². The number of epoxide rings is 1. The van der Waals surface area contributed by atoms with Crippen LogP contribution in [0, 0.1) is 5.92 Å². The Hall–Kier alpha value is -0.0800. The van der Waals surface area contributed by atoms with Crippen molar-refractivity contribution >= 4 is 0 Å². The highest BCUT2D eigenvalue weighted by Crippen LogP contribution is 2.63. The molecule has 0 bridgehead atoms. The number of ether oxygens (including phenoxy) is 1. The predicted molar refractivity (Wildman–Crippen MR) is 83.9 cm³/mol. The molecule has 0 aromatic carbocycles. The molecule has 0 amide bonds. The summed E-state index contributed by atoms with van der Waals surface area (Å²) in [6, 6.07) is 2.10. The van der Waals surface area contributed by atoms with Crippen LogP contribution < -0.4 is 0 Å². The van der Waals surface area contributed by atoms with Crippen LogP contribution in [0.4, 0.5) is 0 Å². The van der Waals surface area contributed by atoms with Gasteiger partial charge < -0.3 is 4.74 Å². The van der Waals surface area contributed by atoms with Crippen molar-refractivity contribution in [1.29, 1.82) is 0 Å². The molecule has 0 radical (unpaired) electrons. The molecule has 3 fully saturated rings. The van der Waals surface area contributed by atoms with Crippen molar-refractivity contribution in [3.05, 3.63) is 0 Å². The standard InChI is InChI=1S/C18H33NO/c1-6-16-18(7-2)17(5,20-18)13(3)14(4)19(16)15-11-9-8-10-12-15/h13-16H,6-12H2,1-5H3/t13-,14+,16-,17-,18+/m0/s1. The zero-order valence-corrected chi connectivity index (χ0v) is 14.1. The normalized spacial score (nSPS) is 50.0. The number of likely N-dealkylation sites (tertiary alicyclic amines) is 1. The second kappa shape index (κ2) is 4.98. The van der Waals surface area contributed by atoms with Gasteiger partial charge in [-0.1, -0.05) is 40.0 Å². The number of piperidine rings is 1. The molecular weight excluding hydrogens is 246 g/mol. The summed E-state index contributed by atoms with van der Waals surface area (Å²) in [5.74, 6) is 0.646. The lowest BCUT2D eigenvalue weighted by atomic mass is 9.69. The maximum Gasteiger partial charge on any atom is 0.113 e. The van der Waals surface area contributed by atoms with Gasteiger partial charge in [-0.25, -0.2) is 0 Å². The first-order valence-electron chi connectivity index (χ1n) is 8.99. The summed E-state index contributed by atoms with van der Waals surface area (Å²) in [6.07, 6.45) is 9.51. The Morgan fingerprint density at radius 1 is 1.10 bits per heavy atom. The summed E-state index contributed by atoms with van der Waals surface area (Å²) < 4.78 is 6.47. The van der Waals surface area contributed by atoms with Crippen LogP contribution in [0.25, 0.3) is 0 Å². The summed E-state index contributed by atoms with van der Waals surface area (Å²) >= 11 is 0. The van der Waals surface area contributed by atoms with E-state index in [1.807, 2.05) is 0 Å². The molecule has 2 aliphatic heterocycles. The van der Waals surface area contributed by atoms with E-state index in [0.29, 0.717) is 18.0 Å². The van der Waals surface area contributed by atoms with Gasteiger partial charge in [-0.05, 0) is 39.5 Å². The van der Waals surface area contributed by atoms with Gasteiger partial charge in [0.05, 0.1) is 0 Å². The van der Waals surface area contributed by atoms with Gasteiger partial charge in [0.25, 0.3) is 0 Å². The highest BCUT2D eigenvalue weighted by atomic mass is 16.6. The molecular formula is C18H33NO. The van der Waals surface area contributed by atoms with Crippen molar-refractivity contribution in [3.8, 4) is 0 Å². The van der Waals surface area contributed by atoms with E-state index < -0.39 is 0 Å². The molecule has 0 N–H and O–H groups in total. The van der Waals surface area contributed by atoms with Crippen molar-refractivity contribution in [2.45, 2.75) is 109 Å². The van der Waals surface area contributed by atoms with E-state index >= 15 is 0 Å². The number of rotatable bonds is 3. The zero-order chi connectivity index (χ0) is 14.5. The number of nitrogens with zero attached hydrogens (tertiary/aromatic N) is 1. The molecule has 5 atom stereocenters. The molecule has 0 spiro atoms. The van der Waals surface area contributed by atoms with Gasteiger partial charge in [0, 0.05) is 24.0 Å². The third-order valence-electron chi connectivity index (χ3n) is 7.06. The molecule has 3 rings (SSSR count). The van der Waals surface area contributed by atoms with Crippen molar-refractivity contribution in [2.75, 3.05) is 0 Å². The van der Waals surface area contributed by atoms with Crippen LogP contribution in [-0.4, -0.2) is 34.2 Å². The van der Waals surface area contributed by atoms with Crippen LogP contribution in [0.15, 0.2) is 0 Å². The lowest BCUT2D eigenvalue weighted by molar-refractivity contribution is -0.0223. The first kappa shape index (κ1) is 14.8. The first-order chi connectivity index (χ1) is 9.52. The minimum atomic E-state index is 0.132. The minimum Gasteiger partial charge on any atom is -0.361 e. The van der Waals surface area contributed by atoms with Crippen molar-refractivity contribution in [3.63, 3.8) is 0 Å². The van der Waals surface area contributed by atoms with Crippen LogP contribution >= 0.6 is 0 Å². The van der Waals surface area contributed by atoms with Crippen molar-refractivity contribution < 1.29 is 4.74 Å². The minimum absolute atomic E-state index is 0.132. The topological polar surface area (TPSA) is 15.8 Å². The van der Waals surface area contributed by atoms with E-state index in [4.69, 9.17) is 4.74 Å². The summed E-state index contributed by atoms with van der Waals surface area (Å²) in [4.78, 5) is 2.89. The van der Waals surface area contributed by atoms with Crippen molar-refractivity contribution in [2.24, 2.45) is 5.92 Å². The fourth-order valence-corrected chi connectivity index (χ4v) is 5.64. The average Bonchev–Trinajstić information content (AvgIpc) is 3.12. The molecule has 2 heteroatoms. The molecule has 1 aliphatic carbocycles. The first-order valence-corrected chi connectivity index (χ1v) is 8.99. The van der Waals surface area contributed by atoms with Gasteiger partial charge >= 0.3 is 0 Å². The van der Waals surface area contributed by atoms with Gasteiger partial charge in [-0.2, -0.15) is 0 Å². The van der Waals surface area contributed by atoms with E-state index in [-0.39, 0.29) is 11.2 Å². The van der Waals surface area contributed by atoms with E-state index in [1.54, 1.807) is 0 Å². The summed E-state index contributed by atoms with van der Waals surface area (Å²) in [5.41, 5.74) is 0.276. The van der Waals surface area contributed by atoms with Crippen LogP contribution in [0.5, 0.6) is 0 Å². The molecule has 20 heavy (non-hydrogen) atoms. The SMILES string of the molecule is CC[C@@H]1N(C2CCCCC2)[C@H](C)[C@H](C)[C@]2(C)O[C@]12CC. The Balaban J connectivity index is 1.91. The molecule has 0 aromatic rings. The molecule has 2 heterocycles. The smallest absolute Gasteiger partial charge is 0.113 e. The zero-order valence-electron chi connectivity index (χ0n) is 14.1. The van der Waals surface area contributed by atoms with Crippen molar-refractivity contribution in [1.82, 2.24) is 4.90 Å². The third kappa shape index (κ3) is 1.76. The van der Waals surface area contributed by atoms with Crippen LogP contribution in [0.3, 0.4) is 0 Å². The fraction of sp³-hybridized carbons (Fsp3) is 1.00. The molecule has 2 nitrogen and oxygen atoms in total. The summed E-state index contributed by atoms with van der Waals surface area (Å²) in [5, 5.41) is 0.